The highest BCUT2D eigenvalue weighted by molar-refractivity contribution is 5.81. The minimum atomic E-state index is 0.672. The average molecular weight is 282 g/mol. The van der Waals surface area contributed by atoms with Crippen LogP contribution in [0.4, 0.5) is 0 Å². The van der Waals surface area contributed by atoms with Crippen molar-refractivity contribution in [2.45, 2.75) is 6.92 Å². The first-order chi connectivity index (χ1) is 10.2. The molecule has 0 bridgehead atoms. The van der Waals surface area contributed by atoms with Gasteiger partial charge in [-0.3, -0.25) is 0 Å². The summed E-state index contributed by atoms with van der Waals surface area (Å²) in [5.41, 5.74) is 3.08. The van der Waals surface area contributed by atoms with Crippen molar-refractivity contribution in [3.05, 3.63) is 42.5 Å². The lowest BCUT2D eigenvalue weighted by atomic mass is 10.2. The summed E-state index contributed by atoms with van der Waals surface area (Å²) in [6, 6.07) is 13.9. The van der Waals surface area contributed by atoms with Crippen molar-refractivity contribution in [2.24, 2.45) is 7.05 Å². The van der Waals surface area contributed by atoms with Gasteiger partial charge in [0.25, 0.3) is 0 Å². The molecule has 0 saturated heterocycles. The summed E-state index contributed by atoms with van der Waals surface area (Å²) in [5, 5.41) is 0. The number of benzene rings is 2. The highest BCUT2D eigenvalue weighted by Crippen LogP contribution is 2.27. The lowest BCUT2D eigenvalue weighted by molar-refractivity contribution is 0.340. The van der Waals surface area contributed by atoms with Crippen molar-refractivity contribution in [3.63, 3.8) is 0 Å². The summed E-state index contributed by atoms with van der Waals surface area (Å²) in [6.45, 7) is 2.65. The van der Waals surface area contributed by atoms with Crippen molar-refractivity contribution in [1.82, 2.24) is 9.55 Å². The Hall–Kier alpha value is -2.49. The number of rotatable bonds is 4. The normalized spacial score (nSPS) is 10.8. The van der Waals surface area contributed by atoms with Gasteiger partial charge in [0.1, 0.15) is 17.3 Å². The smallest absolute Gasteiger partial charge is 0.140 e. The van der Waals surface area contributed by atoms with Crippen LogP contribution in [0.3, 0.4) is 0 Å². The molecular weight excluding hydrogens is 264 g/mol. The van der Waals surface area contributed by atoms with Crippen LogP contribution in [-0.4, -0.2) is 23.3 Å². The fourth-order valence-corrected chi connectivity index (χ4v) is 2.43. The largest absolute Gasteiger partial charge is 0.497 e. The molecular formula is C17H18N2O2. The van der Waals surface area contributed by atoms with Crippen molar-refractivity contribution < 1.29 is 9.47 Å². The summed E-state index contributed by atoms with van der Waals surface area (Å²) in [7, 11) is 3.69. The zero-order valence-electron chi connectivity index (χ0n) is 12.5. The summed E-state index contributed by atoms with van der Waals surface area (Å²) < 4.78 is 12.8. The van der Waals surface area contributed by atoms with Gasteiger partial charge in [-0.05, 0) is 43.3 Å². The topological polar surface area (TPSA) is 36.3 Å². The number of imidazole rings is 1. The molecule has 0 spiro atoms. The summed E-state index contributed by atoms with van der Waals surface area (Å²) >= 11 is 0. The van der Waals surface area contributed by atoms with Gasteiger partial charge >= 0.3 is 0 Å². The van der Waals surface area contributed by atoms with Crippen LogP contribution in [0.5, 0.6) is 11.5 Å². The number of methoxy groups -OCH3 is 1. The lowest BCUT2D eigenvalue weighted by Gasteiger charge is -2.05. The van der Waals surface area contributed by atoms with Crippen LogP contribution >= 0.6 is 0 Å². The Morgan fingerprint density at radius 3 is 2.43 bits per heavy atom. The third-order valence-electron chi connectivity index (χ3n) is 3.51. The predicted octanol–water partition coefficient (Wildman–Crippen LogP) is 3.65. The molecule has 108 valence electrons. The van der Waals surface area contributed by atoms with Gasteiger partial charge in [-0.2, -0.15) is 0 Å². The minimum absolute atomic E-state index is 0.672. The molecule has 0 unspecified atom stereocenters. The molecule has 21 heavy (non-hydrogen) atoms. The van der Waals surface area contributed by atoms with Gasteiger partial charge in [-0.25, -0.2) is 4.98 Å². The van der Waals surface area contributed by atoms with Crippen LogP contribution in [-0.2, 0) is 7.05 Å². The monoisotopic (exact) mass is 282 g/mol. The van der Waals surface area contributed by atoms with E-state index >= 15 is 0 Å². The van der Waals surface area contributed by atoms with Crippen LogP contribution in [0.15, 0.2) is 42.5 Å². The number of hydrogen-bond donors (Lipinski definition) is 0. The SMILES string of the molecule is CCOc1ccc(-c2nc3cc(OC)ccc3n2C)cc1. The molecule has 3 rings (SSSR count). The van der Waals surface area contributed by atoms with Crippen molar-refractivity contribution in [1.29, 1.82) is 0 Å². The lowest BCUT2D eigenvalue weighted by Crippen LogP contribution is -1.94. The van der Waals surface area contributed by atoms with E-state index in [1.54, 1.807) is 7.11 Å². The Bertz CT molecular complexity index is 760. The van der Waals surface area contributed by atoms with Gasteiger partial charge in [-0.15, -0.1) is 0 Å². The fourth-order valence-electron chi connectivity index (χ4n) is 2.43. The maximum absolute atomic E-state index is 5.47. The van der Waals surface area contributed by atoms with Crippen LogP contribution in [0, 0.1) is 0 Å². The molecule has 4 heteroatoms. The van der Waals surface area contributed by atoms with E-state index in [0.717, 1.165) is 33.9 Å². The van der Waals surface area contributed by atoms with E-state index in [9.17, 15) is 0 Å². The second-order valence-corrected chi connectivity index (χ2v) is 4.81. The van der Waals surface area contributed by atoms with Gasteiger partial charge in [-0.1, -0.05) is 0 Å². The minimum Gasteiger partial charge on any atom is -0.497 e. The summed E-state index contributed by atoms with van der Waals surface area (Å²) in [6.07, 6.45) is 0. The van der Waals surface area contributed by atoms with Gasteiger partial charge in [0.15, 0.2) is 0 Å². The third kappa shape index (κ3) is 2.44. The Kier molecular flexibility index (Phi) is 3.52. The molecule has 1 aromatic heterocycles. The molecule has 0 fully saturated rings. The maximum Gasteiger partial charge on any atom is 0.140 e. The van der Waals surface area contributed by atoms with Crippen LogP contribution in [0.2, 0.25) is 0 Å². The molecule has 0 aliphatic carbocycles. The van der Waals surface area contributed by atoms with Gasteiger partial charge in [0, 0.05) is 18.7 Å². The number of ether oxygens (including phenoxy) is 2. The molecule has 0 atom stereocenters. The molecule has 2 aromatic carbocycles. The van der Waals surface area contributed by atoms with E-state index in [2.05, 4.69) is 4.57 Å². The summed E-state index contributed by atoms with van der Waals surface area (Å²) in [4.78, 5) is 4.71. The average Bonchev–Trinajstić information content (AvgIpc) is 2.85. The van der Waals surface area contributed by atoms with Crippen LogP contribution in [0.1, 0.15) is 6.92 Å². The molecule has 3 aromatic rings. The standard InChI is InChI=1S/C17H18N2O2/c1-4-21-13-7-5-12(6-8-13)17-18-15-11-14(20-3)9-10-16(15)19(17)2/h5-11H,4H2,1-3H3. The maximum atomic E-state index is 5.47. The van der Waals surface area contributed by atoms with Crippen molar-refractivity contribution in [2.75, 3.05) is 13.7 Å². The highest BCUT2D eigenvalue weighted by Gasteiger charge is 2.10. The fraction of sp³-hybridized carbons (Fsp3) is 0.235. The zero-order chi connectivity index (χ0) is 14.8. The summed E-state index contributed by atoms with van der Waals surface area (Å²) in [5.74, 6) is 2.63. The van der Waals surface area contributed by atoms with E-state index in [1.807, 2.05) is 56.4 Å². The molecule has 0 saturated carbocycles. The van der Waals surface area contributed by atoms with Crippen molar-refractivity contribution >= 4 is 11.0 Å². The molecule has 0 aliphatic heterocycles. The van der Waals surface area contributed by atoms with Crippen LogP contribution < -0.4 is 9.47 Å². The Morgan fingerprint density at radius 2 is 1.76 bits per heavy atom. The van der Waals surface area contributed by atoms with Crippen LogP contribution in [0.25, 0.3) is 22.4 Å². The first-order valence-electron chi connectivity index (χ1n) is 6.96. The number of hydrogen-bond acceptors (Lipinski definition) is 3. The molecule has 0 amide bonds. The number of fused-ring (bicyclic) bond motifs is 1. The Balaban J connectivity index is 2.05. The first kappa shape index (κ1) is 13.5. The molecule has 1 heterocycles. The number of aromatic nitrogens is 2. The molecule has 0 radical (unpaired) electrons. The second-order valence-electron chi connectivity index (χ2n) is 4.81. The number of aryl methyl sites for hydroxylation is 1. The van der Waals surface area contributed by atoms with E-state index in [0.29, 0.717) is 6.61 Å². The van der Waals surface area contributed by atoms with E-state index in [4.69, 9.17) is 14.5 Å². The highest BCUT2D eigenvalue weighted by atomic mass is 16.5. The van der Waals surface area contributed by atoms with Gasteiger partial charge in [0.2, 0.25) is 0 Å². The first-order valence-corrected chi connectivity index (χ1v) is 6.96. The molecule has 0 N–H and O–H groups in total. The van der Waals surface area contributed by atoms with Gasteiger partial charge in [0.05, 0.1) is 24.8 Å². The van der Waals surface area contributed by atoms with Gasteiger partial charge < -0.3 is 14.0 Å². The zero-order valence-corrected chi connectivity index (χ0v) is 12.5. The Morgan fingerprint density at radius 1 is 1.05 bits per heavy atom. The van der Waals surface area contributed by atoms with E-state index < -0.39 is 0 Å². The predicted molar refractivity (Wildman–Crippen MR) is 83.9 cm³/mol. The molecule has 0 aliphatic rings. The number of nitrogens with zero attached hydrogens (tertiary/aromatic N) is 2. The molecule has 4 nitrogen and oxygen atoms in total. The third-order valence-corrected chi connectivity index (χ3v) is 3.51. The second kappa shape index (κ2) is 5.48. The quantitative estimate of drug-likeness (QED) is 0.733. The van der Waals surface area contributed by atoms with Crippen molar-refractivity contribution in [3.8, 4) is 22.9 Å². The van der Waals surface area contributed by atoms with E-state index in [1.165, 1.54) is 0 Å². The van der Waals surface area contributed by atoms with E-state index in [-0.39, 0.29) is 0 Å². The Labute approximate surface area is 123 Å².